The molecule has 3 heteroatoms. The summed E-state index contributed by atoms with van der Waals surface area (Å²) in [5.74, 6) is 0.669. The molecular formula is C18H24N2O. The van der Waals surface area contributed by atoms with Gasteiger partial charge in [0, 0.05) is 11.8 Å². The summed E-state index contributed by atoms with van der Waals surface area (Å²) >= 11 is 0. The Kier molecular flexibility index (Phi) is 4.71. The van der Waals surface area contributed by atoms with Crippen molar-refractivity contribution < 1.29 is 5.11 Å². The minimum absolute atomic E-state index is 0.384. The molecule has 0 radical (unpaired) electrons. The van der Waals surface area contributed by atoms with Crippen LogP contribution >= 0.6 is 0 Å². The molecule has 1 aliphatic rings. The Labute approximate surface area is 126 Å². The topological polar surface area (TPSA) is 38.1 Å². The highest BCUT2D eigenvalue weighted by molar-refractivity contribution is 5.31. The molecule has 1 aromatic carbocycles. The van der Waals surface area contributed by atoms with Gasteiger partial charge in [-0.15, -0.1) is 0 Å². The van der Waals surface area contributed by atoms with E-state index in [1.165, 1.54) is 38.5 Å². The first kappa shape index (κ1) is 14.3. The molecule has 1 unspecified atom stereocenters. The van der Waals surface area contributed by atoms with Gasteiger partial charge in [0.05, 0.1) is 18.0 Å². The average molecular weight is 284 g/mol. The van der Waals surface area contributed by atoms with Crippen LogP contribution in [-0.2, 0) is 0 Å². The fourth-order valence-electron chi connectivity index (χ4n) is 3.28. The molecule has 1 heterocycles. The Morgan fingerprint density at radius 3 is 2.52 bits per heavy atom. The van der Waals surface area contributed by atoms with Crippen LogP contribution < -0.4 is 0 Å². The lowest BCUT2D eigenvalue weighted by atomic mass is 9.92. The molecule has 0 aliphatic heterocycles. The lowest BCUT2D eigenvalue weighted by Gasteiger charge is -2.17. The molecule has 1 atom stereocenters. The first-order valence-electron chi connectivity index (χ1n) is 8.11. The average Bonchev–Trinajstić information content (AvgIpc) is 2.88. The fourth-order valence-corrected chi connectivity index (χ4v) is 3.28. The summed E-state index contributed by atoms with van der Waals surface area (Å²) in [4.78, 5) is 0. The number of hydrogen-bond donors (Lipinski definition) is 1. The number of nitrogens with zero attached hydrogens (tertiary/aromatic N) is 2. The molecular weight excluding hydrogens is 260 g/mol. The Bertz CT molecular complexity index is 541. The number of aromatic nitrogens is 2. The van der Waals surface area contributed by atoms with E-state index in [9.17, 15) is 5.11 Å². The molecule has 1 aromatic heterocycles. The smallest absolute Gasteiger partial charge is 0.0823 e. The number of benzene rings is 1. The molecule has 0 spiro atoms. The molecule has 3 rings (SSSR count). The minimum atomic E-state index is -0.384. The quantitative estimate of drug-likeness (QED) is 0.852. The summed E-state index contributed by atoms with van der Waals surface area (Å²) < 4.78 is 1.84. The summed E-state index contributed by atoms with van der Waals surface area (Å²) in [6, 6.07) is 10.0. The Hall–Kier alpha value is -1.61. The predicted octanol–water partition coefficient (Wildman–Crippen LogP) is 4.27. The van der Waals surface area contributed by atoms with Crippen molar-refractivity contribution in [2.75, 3.05) is 0 Å². The number of rotatable bonds is 4. The van der Waals surface area contributed by atoms with Crippen LogP contribution in [0.3, 0.4) is 0 Å². The SMILES string of the molecule is OC(CC1CCCCCC1)c1cnn(-c2ccccc2)c1. The first-order valence-corrected chi connectivity index (χ1v) is 8.11. The van der Waals surface area contributed by atoms with E-state index in [0.717, 1.165) is 17.7 Å². The van der Waals surface area contributed by atoms with Gasteiger partial charge in [0.1, 0.15) is 0 Å². The third-order valence-electron chi connectivity index (χ3n) is 4.54. The van der Waals surface area contributed by atoms with E-state index >= 15 is 0 Å². The number of para-hydroxylation sites is 1. The maximum absolute atomic E-state index is 10.5. The molecule has 3 nitrogen and oxygen atoms in total. The second kappa shape index (κ2) is 6.90. The second-order valence-corrected chi connectivity index (χ2v) is 6.16. The summed E-state index contributed by atoms with van der Waals surface area (Å²) in [5.41, 5.74) is 1.97. The molecule has 0 saturated heterocycles. The zero-order chi connectivity index (χ0) is 14.5. The van der Waals surface area contributed by atoms with Gasteiger partial charge in [-0.1, -0.05) is 56.7 Å². The van der Waals surface area contributed by atoms with Crippen LogP contribution in [0.1, 0.15) is 56.6 Å². The Balaban J connectivity index is 1.65. The summed E-state index contributed by atoms with van der Waals surface area (Å²) in [7, 11) is 0. The fraction of sp³-hybridized carbons (Fsp3) is 0.500. The summed E-state index contributed by atoms with van der Waals surface area (Å²) in [6.45, 7) is 0. The molecule has 0 bridgehead atoms. The summed E-state index contributed by atoms with van der Waals surface area (Å²) in [6.07, 6.45) is 12.1. The molecule has 1 N–H and O–H groups in total. The number of aliphatic hydroxyl groups is 1. The van der Waals surface area contributed by atoms with E-state index < -0.39 is 0 Å². The van der Waals surface area contributed by atoms with E-state index in [1.54, 1.807) is 6.20 Å². The van der Waals surface area contributed by atoms with E-state index in [2.05, 4.69) is 5.10 Å². The van der Waals surface area contributed by atoms with Gasteiger partial charge in [0.2, 0.25) is 0 Å². The van der Waals surface area contributed by atoms with Crippen LogP contribution in [0.15, 0.2) is 42.7 Å². The molecule has 1 saturated carbocycles. The van der Waals surface area contributed by atoms with E-state index in [0.29, 0.717) is 5.92 Å². The Morgan fingerprint density at radius 2 is 1.81 bits per heavy atom. The van der Waals surface area contributed by atoms with Gasteiger partial charge < -0.3 is 5.11 Å². The maximum Gasteiger partial charge on any atom is 0.0823 e. The van der Waals surface area contributed by atoms with Gasteiger partial charge in [-0.3, -0.25) is 0 Å². The lowest BCUT2D eigenvalue weighted by Crippen LogP contribution is -2.06. The first-order chi connectivity index (χ1) is 10.3. The minimum Gasteiger partial charge on any atom is -0.388 e. The number of hydrogen-bond acceptors (Lipinski definition) is 2. The van der Waals surface area contributed by atoms with Gasteiger partial charge in [-0.05, 0) is 24.5 Å². The van der Waals surface area contributed by atoms with Crippen LogP contribution in [0.5, 0.6) is 0 Å². The monoisotopic (exact) mass is 284 g/mol. The van der Waals surface area contributed by atoms with Crippen molar-refractivity contribution in [3.63, 3.8) is 0 Å². The molecule has 21 heavy (non-hydrogen) atoms. The zero-order valence-electron chi connectivity index (χ0n) is 12.5. The van der Waals surface area contributed by atoms with Gasteiger partial charge in [-0.2, -0.15) is 5.10 Å². The van der Waals surface area contributed by atoms with Gasteiger partial charge in [-0.25, -0.2) is 4.68 Å². The highest BCUT2D eigenvalue weighted by Crippen LogP contribution is 2.31. The normalized spacial score (nSPS) is 18.3. The lowest BCUT2D eigenvalue weighted by molar-refractivity contribution is 0.139. The van der Waals surface area contributed by atoms with Crippen molar-refractivity contribution in [1.82, 2.24) is 9.78 Å². The van der Waals surface area contributed by atoms with Crippen molar-refractivity contribution in [2.45, 2.75) is 51.0 Å². The van der Waals surface area contributed by atoms with Crippen LogP contribution in [0.2, 0.25) is 0 Å². The zero-order valence-corrected chi connectivity index (χ0v) is 12.5. The van der Waals surface area contributed by atoms with Crippen LogP contribution in [0, 0.1) is 5.92 Å². The van der Waals surface area contributed by atoms with Gasteiger partial charge in [0.15, 0.2) is 0 Å². The van der Waals surface area contributed by atoms with E-state index in [1.807, 2.05) is 41.2 Å². The number of aliphatic hydroxyl groups excluding tert-OH is 1. The van der Waals surface area contributed by atoms with Gasteiger partial charge in [0.25, 0.3) is 0 Å². The van der Waals surface area contributed by atoms with Crippen molar-refractivity contribution >= 4 is 0 Å². The molecule has 1 fully saturated rings. The summed E-state index contributed by atoms with van der Waals surface area (Å²) in [5, 5.41) is 14.8. The van der Waals surface area contributed by atoms with Crippen LogP contribution in [0.4, 0.5) is 0 Å². The largest absolute Gasteiger partial charge is 0.388 e. The Morgan fingerprint density at radius 1 is 1.10 bits per heavy atom. The van der Waals surface area contributed by atoms with E-state index in [4.69, 9.17) is 0 Å². The molecule has 0 amide bonds. The van der Waals surface area contributed by atoms with Crippen molar-refractivity contribution in [2.24, 2.45) is 5.92 Å². The van der Waals surface area contributed by atoms with Crippen LogP contribution in [-0.4, -0.2) is 14.9 Å². The highest BCUT2D eigenvalue weighted by atomic mass is 16.3. The molecule has 112 valence electrons. The van der Waals surface area contributed by atoms with Crippen molar-refractivity contribution in [1.29, 1.82) is 0 Å². The standard InChI is InChI=1S/C18H24N2O/c21-18(12-15-8-4-1-2-5-9-15)16-13-19-20(14-16)17-10-6-3-7-11-17/h3,6-7,10-11,13-15,18,21H,1-2,4-5,8-9,12H2. The highest BCUT2D eigenvalue weighted by Gasteiger charge is 2.19. The molecule has 1 aliphatic carbocycles. The predicted molar refractivity (Wildman–Crippen MR) is 84.3 cm³/mol. The third-order valence-corrected chi connectivity index (χ3v) is 4.54. The van der Waals surface area contributed by atoms with Crippen molar-refractivity contribution in [3.05, 3.63) is 48.3 Å². The van der Waals surface area contributed by atoms with Crippen LogP contribution in [0.25, 0.3) is 5.69 Å². The van der Waals surface area contributed by atoms with E-state index in [-0.39, 0.29) is 6.10 Å². The second-order valence-electron chi connectivity index (χ2n) is 6.16. The molecule has 2 aromatic rings. The third kappa shape index (κ3) is 3.73. The van der Waals surface area contributed by atoms with Crippen molar-refractivity contribution in [3.8, 4) is 5.69 Å². The maximum atomic E-state index is 10.5. The van der Waals surface area contributed by atoms with Gasteiger partial charge >= 0.3 is 0 Å².